The van der Waals surface area contributed by atoms with Gasteiger partial charge in [0.2, 0.25) is 5.91 Å². The summed E-state index contributed by atoms with van der Waals surface area (Å²) in [6.45, 7) is 10.7. The standard InChI is InChI=1S/C23H28BrClN2O2/c1-14(2)18-6-5-7-19(15(3)4)22(18)26-21(28)13-27-8-9-29-23-16(12-27)10-17(24)11-20(23)25/h5-7,10-11,14-15H,8-9,12-13H2,1-4H3,(H,26,28). The van der Waals surface area contributed by atoms with Gasteiger partial charge < -0.3 is 10.1 Å². The van der Waals surface area contributed by atoms with E-state index in [9.17, 15) is 4.79 Å². The molecule has 1 heterocycles. The number of carbonyl (C=O) groups is 1. The van der Waals surface area contributed by atoms with Crippen LogP contribution in [0.5, 0.6) is 5.75 Å². The Morgan fingerprint density at radius 2 is 1.86 bits per heavy atom. The normalized spacial score (nSPS) is 14.5. The summed E-state index contributed by atoms with van der Waals surface area (Å²) in [5, 5.41) is 3.79. The van der Waals surface area contributed by atoms with E-state index >= 15 is 0 Å². The highest BCUT2D eigenvalue weighted by Gasteiger charge is 2.22. The Labute approximate surface area is 186 Å². The molecule has 0 atom stereocenters. The Kier molecular flexibility index (Phi) is 7.25. The Balaban J connectivity index is 1.78. The van der Waals surface area contributed by atoms with Gasteiger partial charge in [0.25, 0.3) is 0 Å². The number of anilines is 1. The van der Waals surface area contributed by atoms with Gasteiger partial charge >= 0.3 is 0 Å². The highest BCUT2D eigenvalue weighted by molar-refractivity contribution is 9.10. The molecular weight excluding hydrogens is 452 g/mol. The van der Waals surface area contributed by atoms with Crippen LogP contribution in [0.4, 0.5) is 5.69 Å². The molecule has 1 aliphatic rings. The van der Waals surface area contributed by atoms with Crippen molar-refractivity contribution in [2.75, 3.05) is 25.0 Å². The first-order valence-corrected chi connectivity index (χ1v) is 11.2. The Hall–Kier alpha value is -1.56. The zero-order valence-electron chi connectivity index (χ0n) is 17.4. The van der Waals surface area contributed by atoms with E-state index in [2.05, 4.69) is 72.0 Å². The van der Waals surface area contributed by atoms with Crippen LogP contribution in [0.2, 0.25) is 5.02 Å². The van der Waals surface area contributed by atoms with Gasteiger partial charge in [0, 0.05) is 28.8 Å². The molecule has 4 nitrogen and oxygen atoms in total. The van der Waals surface area contributed by atoms with Crippen molar-refractivity contribution in [3.8, 4) is 5.75 Å². The third-order valence-corrected chi connectivity index (χ3v) is 5.88. The number of hydrogen-bond acceptors (Lipinski definition) is 3. The van der Waals surface area contributed by atoms with Crippen LogP contribution in [-0.2, 0) is 11.3 Å². The maximum atomic E-state index is 13.0. The van der Waals surface area contributed by atoms with Crippen molar-refractivity contribution in [3.63, 3.8) is 0 Å². The van der Waals surface area contributed by atoms with Gasteiger partial charge in [0.1, 0.15) is 12.4 Å². The van der Waals surface area contributed by atoms with Crippen molar-refractivity contribution < 1.29 is 9.53 Å². The highest BCUT2D eigenvalue weighted by atomic mass is 79.9. The lowest BCUT2D eigenvalue weighted by Gasteiger charge is -2.23. The summed E-state index contributed by atoms with van der Waals surface area (Å²) in [6.07, 6.45) is 0. The molecule has 29 heavy (non-hydrogen) atoms. The van der Waals surface area contributed by atoms with Crippen molar-refractivity contribution in [2.45, 2.75) is 46.1 Å². The SMILES string of the molecule is CC(C)c1cccc(C(C)C)c1NC(=O)CN1CCOc2c(Cl)cc(Br)cc2C1. The largest absolute Gasteiger partial charge is 0.490 e. The topological polar surface area (TPSA) is 41.6 Å². The average Bonchev–Trinajstić information content (AvgIpc) is 2.83. The summed E-state index contributed by atoms with van der Waals surface area (Å²) in [5.41, 5.74) is 4.29. The zero-order valence-corrected chi connectivity index (χ0v) is 19.7. The molecule has 6 heteroatoms. The maximum absolute atomic E-state index is 13.0. The van der Waals surface area contributed by atoms with Crippen molar-refractivity contribution in [1.29, 1.82) is 0 Å². The molecule has 1 amide bonds. The molecule has 0 aliphatic carbocycles. The molecule has 2 aromatic carbocycles. The van der Waals surface area contributed by atoms with Crippen LogP contribution >= 0.6 is 27.5 Å². The van der Waals surface area contributed by atoms with E-state index in [1.54, 1.807) is 0 Å². The van der Waals surface area contributed by atoms with E-state index in [1.165, 1.54) is 11.1 Å². The molecule has 0 radical (unpaired) electrons. The lowest BCUT2D eigenvalue weighted by atomic mass is 9.92. The molecular formula is C23H28BrClN2O2. The zero-order chi connectivity index (χ0) is 21.1. The van der Waals surface area contributed by atoms with Gasteiger partial charge in [-0.05, 0) is 35.1 Å². The number of rotatable bonds is 5. The van der Waals surface area contributed by atoms with Crippen LogP contribution in [0.3, 0.4) is 0 Å². The van der Waals surface area contributed by atoms with Crippen LogP contribution in [0.25, 0.3) is 0 Å². The fourth-order valence-electron chi connectivity index (χ4n) is 3.70. The highest BCUT2D eigenvalue weighted by Crippen LogP contribution is 2.35. The second-order valence-corrected chi connectivity index (χ2v) is 9.43. The minimum atomic E-state index is -0.00968. The monoisotopic (exact) mass is 478 g/mol. The van der Waals surface area contributed by atoms with E-state index in [0.29, 0.717) is 48.8 Å². The molecule has 1 N–H and O–H groups in total. The number of nitrogens with zero attached hydrogens (tertiary/aromatic N) is 1. The van der Waals surface area contributed by atoms with Crippen molar-refractivity contribution in [1.82, 2.24) is 4.90 Å². The van der Waals surface area contributed by atoms with Gasteiger partial charge in [-0.1, -0.05) is 73.4 Å². The first-order valence-electron chi connectivity index (χ1n) is 10.0. The summed E-state index contributed by atoms with van der Waals surface area (Å²) in [6, 6.07) is 10.1. The van der Waals surface area contributed by atoms with Gasteiger partial charge in [0.15, 0.2) is 0 Å². The summed E-state index contributed by atoms with van der Waals surface area (Å²) in [4.78, 5) is 15.1. The quantitative estimate of drug-likeness (QED) is 0.556. The molecule has 1 aliphatic heterocycles. The summed E-state index contributed by atoms with van der Waals surface area (Å²) in [5.74, 6) is 1.37. The Morgan fingerprint density at radius 1 is 1.21 bits per heavy atom. The summed E-state index contributed by atoms with van der Waals surface area (Å²) >= 11 is 9.81. The van der Waals surface area contributed by atoms with Crippen LogP contribution in [0.15, 0.2) is 34.8 Å². The van der Waals surface area contributed by atoms with Crippen molar-refractivity contribution in [3.05, 3.63) is 56.5 Å². The molecule has 156 valence electrons. The van der Waals surface area contributed by atoms with E-state index in [4.69, 9.17) is 16.3 Å². The minimum Gasteiger partial charge on any atom is -0.490 e. The lowest BCUT2D eigenvalue weighted by molar-refractivity contribution is -0.117. The van der Waals surface area contributed by atoms with Gasteiger partial charge in [-0.3, -0.25) is 9.69 Å². The molecule has 0 aromatic heterocycles. The van der Waals surface area contributed by atoms with E-state index < -0.39 is 0 Å². The smallest absolute Gasteiger partial charge is 0.238 e. The number of carbonyl (C=O) groups excluding carboxylic acids is 1. The molecule has 0 saturated carbocycles. The second-order valence-electron chi connectivity index (χ2n) is 8.10. The van der Waals surface area contributed by atoms with Crippen LogP contribution in [0.1, 0.15) is 56.2 Å². The van der Waals surface area contributed by atoms with Gasteiger partial charge in [-0.15, -0.1) is 0 Å². The molecule has 0 bridgehead atoms. The van der Waals surface area contributed by atoms with Crippen LogP contribution in [-0.4, -0.2) is 30.5 Å². The molecule has 0 unspecified atom stereocenters. The third-order valence-electron chi connectivity index (χ3n) is 5.14. The molecule has 2 aromatic rings. The minimum absolute atomic E-state index is 0.00968. The fraction of sp³-hybridized carbons (Fsp3) is 0.435. The first kappa shape index (κ1) is 22.1. The number of hydrogen-bond donors (Lipinski definition) is 1. The number of benzene rings is 2. The summed E-state index contributed by atoms with van der Waals surface area (Å²) in [7, 11) is 0. The average molecular weight is 480 g/mol. The predicted octanol–water partition coefficient (Wildman–Crippen LogP) is 6.18. The second kappa shape index (κ2) is 9.50. The van der Waals surface area contributed by atoms with E-state index in [-0.39, 0.29) is 5.91 Å². The number of halogens is 2. The lowest BCUT2D eigenvalue weighted by Crippen LogP contribution is -2.34. The Bertz CT molecular complexity index is 872. The fourth-order valence-corrected chi connectivity index (χ4v) is 4.63. The van der Waals surface area contributed by atoms with Gasteiger partial charge in [-0.2, -0.15) is 0 Å². The van der Waals surface area contributed by atoms with Gasteiger partial charge in [-0.25, -0.2) is 0 Å². The number of para-hydroxylation sites is 1. The maximum Gasteiger partial charge on any atom is 0.238 e. The predicted molar refractivity (Wildman–Crippen MR) is 123 cm³/mol. The third kappa shape index (κ3) is 5.33. The van der Waals surface area contributed by atoms with Crippen molar-refractivity contribution in [2.24, 2.45) is 0 Å². The Morgan fingerprint density at radius 3 is 2.48 bits per heavy atom. The molecule has 0 fully saturated rings. The molecule has 3 rings (SSSR count). The van der Waals surface area contributed by atoms with E-state index in [1.807, 2.05) is 12.1 Å². The van der Waals surface area contributed by atoms with Crippen LogP contribution < -0.4 is 10.1 Å². The van der Waals surface area contributed by atoms with E-state index in [0.717, 1.165) is 15.7 Å². The number of nitrogens with one attached hydrogen (secondary N) is 1. The summed E-state index contributed by atoms with van der Waals surface area (Å²) < 4.78 is 6.75. The molecule has 0 spiro atoms. The van der Waals surface area contributed by atoms with Crippen molar-refractivity contribution >= 4 is 39.1 Å². The number of amides is 1. The molecule has 0 saturated heterocycles. The number of ether oxygens (including phenoxy) is 1. The number of fused-ring (bicyclic) bond motifs is 1. The van der Waals surface area contributed by atoms with Crippen LogP contribution in [0, 0.1) is 0 Å². The van der Waals surface area contributed by atoms with Gasteiger partial charge in [0.05, 0.1) is 11.6 Å². The first-order chi connectivity index (χ1) is 13.8.